The van der Waals surface area contributed by atoms with Crippen molar-refractivity contribution in [1.29, 1.82) is 0 Å². The van der Waals surface area contributed by atoms with Gasteiger partial charge in [0, 0.05) is 6.04 Å². The summed E-state index contributed by atoms with van der Waals surface area (Å²) in [5, 5.41) is 8.12. The highest BCUT2D eigenvalue weighted by Gasteiger charge is 2.21. The molecule has 0 radical (unpaired) electrons. The molecule has 1 N–H and O–H groups in total. The standard InChI is InChI=1S/C14H17ClFN3/c1-9(2)19-14(12(15)8-18-19)13(17-3)10-4-6-11(16)7-5-10/h4-9,13,17H,1-3H3. The van der Waals surface area contributed by atoms with Crippen molar-refractivity contribution < 1.29 is 4.39 Å². The van der Waals surface area contributed by atoms with Gasteiger partial charge in [-0.25, -0.2) is 4.39 Å². The van der Waals surface area contributed by atoms with Crippen LogP contribution < -0.4 is 5.32 Å². The van der Waals surface area contributed by atoms with Crippen LogP contribution in [0.15, 0.2) is 30.5 Å². The number of hydrogen-bond acceptors (Lipinski definition) is 2. The lowest BCUT2D eigenvalue weighted by Crippen LogP contribution is -2.22. The predicted molar refractivity (Wildman–Crippen MR) is 74.9 cm³/mol. The van der Waals surface area contributed by atoms with Gasteiger partial charge in [0.15, 0.2) is 0 Å². The number of halogens is 2. The van der Waals surface area contributed by atoms with E-state index in [9.17, 15) is 4.39 Å². The minimum absolute atomic E-state index is 0.113. The van der Waals surface area contributed by atoms with Gasteiger partial charge in [-0.15, -0.1) is 0 Å². The van der Waals surface area contributed by atoms with Gasteiger partial charge in [0.25, 0.3) is 0 Å². The summed E-state index contributed by atoms with van der Waals surface area (Å²) in [6.07, 6.45) is 1.64. The zero-order valence-electron chi connectivity index (χ0n) is 11.2. The number of aromatic nitrogens is 2. The number of nitrogens with zero attached hydrogens (tertiary/aromatic N) is 2. The van der Waals surface area contributed by atoms with Crippen molar-refractivity contribution in [3.8, 4) is 0 Å². The van der Waals surface area contributed by atoms with Crippen molar-refractivity contribution in [2.24, 2.45) is 0 Å². The van der Waals surface area contributed by atoms with Crippen molar-refractivity contribution >= 4 is 11.6 Å². The molecule has 19 heavy (non-hydrogen) atoms. The maximum absolute atomic E-state index is 13.0. The van der Waals surface area contributed by atoms with Gasteiger partial charge in [-0.2, -0.15) is 5.10 Å². The number of hydrogen-bond donors (Lipinski definition) is 1. The second kappa shape index (κ2) is 5.72. The van der Waals surface area contributed by atoms with E-state index < -0.39 is 0 Å². The molecule has 3 nitrogen and oxygen atoms in total. The fourth-order valence-electron chi connectivity index (χ4n) is 2.15. The molecule has 0 saturated heterocycles. The van der Waals surface area contributed by atoms with Gasteiger partial charge in [0.2, 0.25) is 0 Å². The molecule has 0 aliphatic rings. The first-order valence-electron chi connectivity index (χ1n) is 6.20. The van der Waals surface area contributed by atoms with E-state index in [4.69, 9.17) is 11.6 Å². The maximum Gasteiger partial charge on any atom is 0.123 e. The first kappa shape index (κ1) is 14.0. The molecule has 0 amide bonds. The van der Waals surface area contributed by atoms with Crippen LogP contribution in [0.1, 0.15) is 37.2 Å². The molecule has 1 heterocycles. The van der Waals surface area contributed by atoms with Crippen LogP contribution in [-0.2, 0) is 0 Å². The third-order valence-electron chi connectivity index (χ3n) is 3.04. The van der Waals surface area contributed by atoms with Crippen molar-refractivity contribution in [2.75, 3.05) is 7.05 Å². The Kier molecular flexibility index (Phi) is 4.22. The van der Waals surface area contributed by atoms with E-state index in [0.29, 0.717) is 5.02 Å². The number of rotatable bonds is 4. The fourth-order valence-corrected chi connectivity index (χ4v) is 2.39. The van der Waals surface area contributed by atoms with Gasteiger partial charge in [0.05, 0.1) is 23.0 Å². The van der Waals surface area contributed by atoms with E-state index in [1.165, 1.54) is 12.1 Å². The minimum Gasteiger partial charge on any atom is -0.308 e. The van der Waals surface area contributed by atoms with Crippen LogP contribution in [0, 0.1) is 5.82 Å². The second-order valence-electron chi connectivity index (χ2n) is 4.69. The SMILES string of the molecule is CNC(c1ccc(F)cc1)c1c(Cl)cnn1C(C)C. The summed E-state index contributed by atoms with van der Waals surface area (Å²) in [5.41, 5.74) is 1.85. The van der Waals surface area contributed by atoms with Crippen molar-refractivity contribution in [2.45, 2.75) is 25.9 Å². The largest absolute Gasteiger partial charge is 0.308 e. The van der Waals surface area contributed by atoms with Crippen LogP contribution in [0.5, 0.6) is 0 Å². The molecule has 0 fully saturated rings. The molecule has 0 aliphatic carbocycles. The summed E-state index contributed by atoms with van der Waals surface area (Å²) >= 11 is 6.25. The lowest BCUT2D eigenvalue weighted by molar-refractivity contribution is 0.484. The summed E-state index contributed by atoms with van der Waals surface area (Å²) in [5.74, 6) is -0.248. The molecule has 0 saturated carbocycles. The molecule has 1 atom stereocenters. The van der Waals surface area contributed by atoms with E-state index in [2.05, 4.69) is 10.4 Å². The van der Waals surface area contributed by atoms with Crippen molar-refractivity contribution in [1.82, 2.24) is 15.1 Å². The third-order valence-corrected chi connectivity index (χ3v) is 3.33. The van der Waals surface area contributed by atoms with Crippen LogP contribution >= 0.6 is 11.6 Å². The summed E-state index contributed by atoms with van der Waals surface area (Å²) in [6, 6.07) is 6.50. The molecule has 0 bridgehead atoms. The highest BCUT2D eigenvalue weighted by molar-refractivity contribution is 6.31. The van der Waals surface area contributed by atoms with Gasteiger partial charge < -0.3 is 5.32 Å². The first-order valence-corrected chi connectivity index (χ1v) is 6.58. The van der Waals surface area contributed by atoms with E-state index in [-0.39, 0.29) is 17.9 Å². The Morgan fingerprint density at radius 1 is 1.26 bits per heavy atom. The minimum atomic E-state index is -0.248. The molecule has 1 unspecified atom stereocenters. The maximum atomic E-state index is 13.0. The van der Waals surface area contributed by atoms with E-state index in [0.717, 1.165) is 11.3 Å². The molecule has 0 aliphatic heterocycles. The van der Waals surface area contributed by atoms with Gasteiger partial charge in [-0.05, 0) is 38.6 Å². The zero-order valence-corrected chi connectivity index (χ0v) is 11.9. The van der Waals surface area contributed by atoms with Crippen LogP contribution in [0.4, 0.5) is 4.39 Å². The van der Waals surface area contributed by atoms with Gasteiger partial charge >= 0.3 is 0 Å². The molecule has 0 spiro atoms. The summed E-state index contributed by atoms with van der Waals surface area (Å²) < 4.78 is 14.9. The first-order chi connectivity index (χ1) is 9.04. The molecule has 102 valence electrons. The van der Waals surface area contributed by atoms with Gasteiger partial charge in [-0.1, -0.05) is 23.7 Å². The summed E-state index contributed by atoms with van der Waals surface area (Å²) in [4.78, 5) is 0. The van der Waals surface area contributed by atoms with Crippen molar-refractivity contribution in [3.05, 3.63) is 52.6 Å². The number of benzene rings is 1. The van der Waals surface area contributed by atoms with Crippen LogP contribution in [0.2, 0.25) is 5.02 Å². The average molecular weight is 282 g/mol. The van der Waals surface area contributed by atoms with E-state index >= 15 is 0 Å². The number of nitrogens with one attached hydrogen (secondary N) is 1. The fraction of sp³-hybridized carbons (Fsp3) is 0.357. The molecule has 5 heteroatoms. The highest BCUT2D eigenvalue weighted by atomic mass is 35.5. The predicted octanol–water partition coefficient (Wildman–Crippen LogP) is 3.57. The molecule has 2 rings (SSSR count). The zero-order chi connectivity index (χ0) is 14.0. The van der Waals surface area contributed by atoms with Gasteiger partial charge in [0.1, 0.15) is 5.82 Å². The topological polar surface area (TPSA) is 29.9 Å². The highest BCUT2D eigenvalue weighted by Crippen LogP contribution is 2.30. The molecule has 1 aromatic heterocycles. The Hall–Kier alpha value is -1.39. The van der Waals surface area contributed by atoms with E-state index in [1.54, 1.807) is 18.3 Å². The smallest absolute Gasteiger partial charge is 0.123 e. The average Bonchev–Trinajstić information content (AvgIpc) is 2.75. The molecular weight excluding hydrogens is 265 g/mol. The second-order valence-corrected chi connectivity index (χ2v) is 5.10. The van der Waals surface area contributed by atoms with Crippen LogP contribution in [0.25, 0.3) is 0 Å². The Morgan fingerprint density at radius 2 is 1.89 bits per heavy atom. The Morgan fingerprint density at radius 3 is 2.42 bits per heavy atom. The van der Waals surface area contributed by atoms with Crippen LogP contribution in [-0.4, -0.2) is 16.8 Å². The third kappa shape index (κ3) is 2.80. The normalized spacial score (nSPS) is 12.9. The molecular formula is C14H17ClFN3. The summed E-state index contributed by atoms with van der Waals surface area (Å²) in [7, 11) is 1.85. The molecule has 1 aromatic carbocycles. The monoisotopic (exact) mass is 281 g/mol. The molecule has 2 aromatic rings. The Bertz CT molecular complexity index is 548. The van der Waals surface area contributed by atoms with Crippen molar-refractivity contribution in [3.63, 3.8) is 0 Å². The summed E-state index contributed by atoms with van der Waals surface area (Å²) in [6.45, 7) is 4.09. The lowest BCUT2D eigenvalue weighted by atomic mass is 10.0. The lowest BCUT2D eigenvalue weighted by Gasteiger charge is -2.21. The van der Waals surface area contributed by atoms with Gasteiger partial charge in [-0.3, -0.25) is 4.68 Å². The Balaban J connectivity index is 2.47. The van der Waals surface area contributed by atoms with E-state index in [1.807, 2.05) is 25.6 Å². The quantitative estimate of drug-likeness (QED) is 0.928. The van der Waals surface area contributed by atoms with Crippen LogP contribution in [0.3, 0.4) is 0 Å². The Labute approximate surface area is 117 Å².